The van der Waals surface area contributed by atoms with Crippen molar-refractivity contribution in [1.29, 1.82) is 0 Å². The average molecular weight is 393 g/mol. The van der Waals surface area contributed by atoms with Crippen LogP contribution in [0.3, 0.4) is 0 Å². The molecule has 4 rings (SSSR count). The van der Waals surface area contributed by atoms with Crippen molar-refractivity contribution in [3.8, 4) is 0 Å². The van der Waals surface area contributed by atoms with Crippen molar-refractivity contribution in [2.24, 2.45) is 0 Å². The lowest BCUT2D eigenvalue weighted by Crippen LogP contribution is -2.42. The Morgan fingerprint density at radius 2 is 1.72 bits per heavy atom. The van der Waals surface area contributed by atoms with Crippen LogP contribution < -0.4 is 10.4 Å². The van der Waals surface area contributed by atoms with Gasteiger partial charge in [-0.2, -0.15) is 0 Å². The molecule has 29 heavy (non-hydrogen) atoms. The lowest BCUT2D eigenvalue weighted by atomic mass is 9.73. The molecule has 0 N–H and O–H groups in total. The molecule has 2 aliphatic rings. The Labute approximate surface area is 173 Å². The monoisotopic (exact) mass is 393 g/mol. The van der Waals surface area contributed by atoms with Gasteiger partial charge in [-0.3, -0.25) is 4.90 Å². The minimum Gasteiger partial charge on any atom is -0.444 e. The maximum Gasteiger partial charge on any atom is 0.495 e. The molecule has 0 bridgehead atoms. The fraction of sp³-hybridized carbons (Fsp3) is 0.435. The average Bonchev–Trinajstić information content (AvgIpc) is 2.93. The smallest absolute Gasteiger partial charge is 0.444 e. The van der Waals surface area contributed by atoms with Gasteiger partial charge in [0.1, 0.15) is 6.61 Å². The highest BCUT2D eigenvalue weighted by atomic mass is 16.7. The molecule has 0 atom stereocenters. The zero-order chi connectivity index (χ0) is 20.6. The van der Waals surface area contributed by atoms with Gasteiger partial charge in [0.25, 0.3) is 0 Å². The predicted molar refractivity (Wildman–Crippen MR) is 114 cm³/mol. The number of hydrogen-bond donors (Lipinski definition) is 0. The molecule has 1 amide bonds. The molecule has 2 aliphatic heterocycles. The van der Waals surface area contributed by atoms with E-state index in [4.69, 9.17) is 14.0 Å². The molecule has 2 heterocycles. The second-order valence-corrected chi connectivity index (χ2v) is 8.73. The summed E-state index contributed by atoms with van der Waals surface area (Å²) in [5.41, 5.74) is 3.17. The quantitative estimate of drug-likeness (QED) is 0.738. The molecule has 6 heteroatoms. The number of rotatable bonds is 3. The number of amides is 1. The summed E-state index contributed by atoms with van der Waals surface area (Å²) in [4.78, 5) is 14.5. The Kier molecular flexibility index (Phi) is 5.17. The second-order valence-electron chi connectivity index (χ2n) is 8.73. The number of carbonyl (C=O) groups is 1. The number of carbonyl (C=O) groups excluding carboxylic acids is 1. The topological polar surface area (TPSA) is 48.0 Å². The number of anilines is 1. The molecular weight excluding hydrogens is 365 g/mol. The molecule has 1 fully saturated rings. The number of ether oxygens (including phenoxy) is 1. The highest BCUT2D eigenvalue weighted by Crippen LogP contribution is 2.37. The molecule has 152 valence electrons. The van der Waals surface area contributed by atoms with Crippen molar-refractivity contribution >= 4 is 24.4 Å². The number of nitrogens with zero attached hydrogens (tertiary/aromatic N) is 1. The lowest BCUT2D eigenvalue weighted by Gasteiger charge is -2.32. The largest absolute Gasteiger partial charge is 0.495 e. The zero-order valence-corrected chi connectivity index (χ0v) is 17.6. The SMILES string of the molecule is CC1(C)OB(c2cccc3c2CCCN3C(=O)OCc2ccccc2)OC1(C)C. The first-order chi connectivity index (χ1) is 13.8. The van der Waals surface area contributed by atoms with E-state index in [1.54, 1.807) is 4.90 Å². The first kappa shape index (κ1) is 20.0. The Balaban J connectivity index is 1.56. The van der Waals surface area contributed by atoms with E-state index < -0.39 is 18.3 Å². The van der Waals surface area contributed by atoms with Gasteiger partial charge in [-0.25, -0.2) is 4.79 Å². The summed E-state index contributed by atoms with van der Waals surface area (Å²) < 4.78 is 18.1. The number of benzene rings is 2. The number of fused-ring (bicyclic) bond motifs is 1. The van der Waals surface area contributed by atoms with Gasteiger partial charge in [0.05, 0.1) is 11.2 Å². The van der Waals surface area contributed by atoms with Crippen molar-refractivity contribution in [1.82, 2.24) is 0 Å². The minimum atomic E-state index is -0.435. The van der Waals surface area contributed by atoms with Gasteiger partial charge in [0.2, 0.25) is 0 Å². The maximum atomic E-state index is 12.8. The summed E-state index contributed by atoms with van der Waals surface area (Å²) in [6.07, 6.45) is 1.45. The third kappa shape index (κ3) is 3.79. The van der Waals surface area contributed by atoms with Crippen LogP contribution in [-0.2, 0) is 27.1 Å². The molecular formula is C23H28BNO4. The second kappa shape index (κ2) is 7.50. The van der Waals surface area contributed by atoms with Crippen LogP contribution >= 0.6 is 0 Å². The number of hydrogen-bond acceptors (Lipinski definition) is 4. The van der Waals surface area contributed by atoms with Crippen LogP contribution in [0.25, 0.3) is 0 Å². The van der Waals surface area contributed by atoms with E-state index in [1.165, 1.54) is 0 Å². The van der Waals surface area contributed by atoms with Crippen LogP contribution in [0.5, 0.6) is 0 Å². The van der Waals surface area contributed by atoms with E-state index in [9.17, 15) is 4.79 Å². The summed E-state index contributed by atoms with van der Waals surface area (Å²) in [6, 6.07) is 15.7. The zero-order valence-electron chi connectivity index (χ0n) is 17.6. The van der Waals surface area contributed by atoms with Crippen molar-refractivity contribution in [2.45, 2.75) is 58.3 Å². The third-order valence-corrected chi connectivity index (χ3v) is 6.22. The van der Waals surface area contributed by atoms with Gasteiger partial charge in [0.15, 0.2) is 0 Å². The van der Waals surface area contributed by atoms with Gasteiger partial charge in [-0.05, 0) is 63.2 Å². The van der Waals surface area contributed by atoms with Crippen molar-refractivity contribution in [3.05, 3.63) is 59.7 Å². The summed E-state index contributed by atoms with van der Waals surface area (Å²) >= 11 is 0. The van der Waals surface area contributed by atoms with E-state index in [1.807, 2.05) is 48.5 Å². The summed E-state index contributed by atoms with van der Waals surface area (Å²) in [5, 5.41) is 0. The molecule has 1 saturated heterocycles. The predicted octanol–water partition coefficient (Wildman–Crippen LogP) is 4.08. The maximum absolute atomic E-state index is 12.8. The minimum absolute atomic E-state index is 0.266. The Morgan fingerprint density at radius 3 is 2.41 bits per heavy atom. The van der Waals surface area contributed by atoms with Gasteiger partial charge in [-0.15, -0.1) is 0 Å². The summed E-state index contributed by atoms with van der Waals surface area (Å²) in [6.45, 7) is 9.12. The van der Waals surface area contributed by atoms with Gasteiger partial charge in [-0.1, -0.05) is 42.5 Å². The van der Waals surface area contributed by atoms with E-state index in [0.717, 1.165) is 35.1 Å². The standard InChI is InChI=1S/C23H28BNO4/c1-22(2)23(3,4)29-24(28-22)19-13-8-14-20-18(19)12-9-15-25(20)21(26)27-16-17-10-6-5-7-11-17/h5-8,10-11,13-14H,9,12,15-16H2,1-4H3. The van der Waals surface area contributed by atoms with Crippen LogP contribution in [0, 0.1) is 0 Å². The highest BCUT2D eigenvalue weighted by molar-refractivity contribution is 6.62. The van der Waals surface area contributed by atoms with Crippen molar-refractivity contribution < 1.29 is 18.8 Å². The molecule has 5 nitrogen and oxygen atoms in total. The first-order valence-corrected chi connectivity index (χ1v) is 10.2. The normalized spacial score (nSPS) is 19.7. The molecule has 2 aromatic rings. The van der Waals surface area contributed by atoms with Gasteiger partial charge in [0, 0.05) is 12.2 Å². The Morgan fingerprint density at radius 1 is 1.03 bits per heavy atom. The van der Waals surface area contributed by atoms with Crippen LogP contribution in [-0.4, -0.2) is 31.0 Å². The Bertz CT molecular complexity index is 881. The van der Waals surface area contributed by atoms with Crippen LogP contribution in [0.2, 0.25) is 0 Å². The van der Waals surface area contributed by atoms with Crippen LogP contribution in [0.15, 0.2) is 48.5 Å². The van der Waals surface area contributed by atoms with Gasteiger partial charge < -0.3 is 14.0 Å². The first-order valence-electron chi connectivity index (χ1n) is 10.2. The lowest BCUT2D eigenvalue weighted by molar-refractivity contribution is 0.00578. The van der Waals surface area contributed by atoms with E-state index >= 15 is 0 Å². The fourth-order valence-electron chi connectivity index (χ4n) is 3.83. The molecule has 0 aliphatic carbocycles. The van der Waals surface area contributed by atoms with Crippen LogP contribution in [0.4, 0.5) is 10.5 Å². The van der Waals surface area contributed by atoms with Gasteiger partial charge >= 0.3 is 13.2 Å². The molecule has 0 saturated carbocycles. The third-order valence-electron chi connectivity index (χ3n) is 6.22. The van der Waals surface area contributed by atoms with Crippen LogP contribution in [0.1, 0.15) is 45.2 Å². The molecule has 0 radical (unpaired) electrons. The summed E-state index contributed by atoms with van der Waals surface area (Å²) in [5.74, 6) is 0. The molecule has 0 spiro atoms. The molecule has 2 aromatic carbocycles. The van der Waals surface area contributed by atoms with E-state index in [-0.39, 0.29) is 12.7 Å². The molecule has 0 aromatic heterocycles. The Hall–Kier alpha value is -2.31. The van der Waals surface area contributed by atoms with Crippen molar-refractivity contribution in [2.75, 3.05) is 11.4 Å². The van der Waals surface area contributed by atoms with Crippen molar-refractivity contribution in [3.63, 3.8) is 0 Å². The molecule has 0 unspecified atom stereocenters. The fourth-order valence-corrected chi connectivity index (χ4v) is 3.83. The summed E-state index contributed by atoms with van der Waals surface area (Å²) in [7, 11) is -0.435. The highest BCUT2D eigenvalue weighted by Gasteiger charge is 2.52. The van der Waals surface area contributed by atoms with E-state index in [0.29, 0.717) is 6.54 Å². The van der Waals surface area contributed by atoms with E-state index in [2.05, 4.69) is 27.7 Å².